The Morgan fingerprint density at radius 3 is 2.41 bits per heavy atom. The minimum Gasteiger partial charge on any atom is -0.330 e. The molecule has 0 amide bonds. The van der Waals surface area contributed by atoms with E-state index in [-0.39, 0.29) is 11.4 Å². The first-order valence-electron chi connectivity index (χ1n) is 5.07. The molecule has 6 heteroatoms. The highest BCUT2D eigenvalue weighted by molar-refractivity contribution is 9.11. The average Bonchev–Trinajstić information content (AvgIpc) is 2.28. The maximum Gasteiger partial charge on any atom is 0.240 e. The fourth-order valence-electron chi connectivity index (χ4n) is 1.26. The van der Waals surface area contributed by atoms with E-state index in [0.717, 1.165) is 12.0 Å². The van der Waals surface area contributed by atoms with Crippen LogP contribution < -0.4 is 10.5 Å². The first-order valence-corrected chi connectivity index (χ1v) is 7.35. The van der Waals surface area contributed by atoms with Crippen LogP contribution in [0.15, 0.2) is 40.2 Å². The molecule has 1 aromatic rings. The second-order valence-corrected chi connectivity index (χ2v) is 6.41. The van der Waals surface area contributed by atoms with Crippen LogP contribution >= 0.6 is 15.9 Å². The largest absolute Gasteiger partial charge is 0.330 e. The van der Waals surface area contributed by atoms with E-state index in [1.807, 2.05) is 0 Å². The van der Waals surface area contributed by atoms with Crippen molar-refractivity contribution in [3.8, 4) is 0 Å². The summed E-state index contributed by atoms with van der Waals surface area (Å²) in [7, 11) is -3.46. The lowest BCUT2D eigenvalue weighted by Gasteiger charge is -2.06. The standard InChI is InChI=1S/C11H15BrN2O2S/c1-9(12)8-14-17(15,16)11-4-2-10(3-5-11)6-7-13/h2-5,14H,1,6-8,13H2. The summed E-state index contributed by atoms with van der Waals surface area (Å²) in [5, 5.41) is 0. The minimum absolute atomic E-state index is 0.173. The Balaban J connectivity index is 2.81. The van der Waals surface area contributed by atoms with Gasteiger partial charge in [0.1, 0.15) is 0 Å². The Hall–Kier alpha value is -0.690. The third-order valence-corrected chi connectivity index (χ3v) is 3.82. The number of rotatable bonds is 6. The van der Waals surface area contributed by atoms with Crippen molar-refractivity contribution in [3.05, 3.63) is 40.9 Å². The Morgan fingerprint density at radius 2 is 1.94 bits per heavy atom. The number of nitrogens with two attached hydrogens (primary N) is 1. The Bertz CT molecular complexity index is 483. The summed E-state index contributed by atoms with van der Waals surface area (Å²) >= 11 is 3.10. The van der Waals surface area contributed by atoms with Crippen molar-refractivity contribution in [3.63, 3.8) is 0 Å². The molecule has 0 aromatic heterocycles. The predicted molar refractivity (Wildman–Crippen MR) is 72.5 cm³/mol. The maximum atomic E-state index is 11.8. The fourth-order valence-corrected chi connectivity index (χ4v) is 2.61. The number of sulfonamides is 1. The molecule has 0 bridgehead atoms. The Kier molecular flexibility index (Phi) is 5.32. The average molecular weight is 319 g/mol. The Morgan fingerprint density at radius 1 is 1.35 bits per heavy atom. The van der Waals surface area contributed by atoms with Gasteiger partial charge in [0.25, 0.3) is 0 Å². The van der Waals surface area contributed by atoms with Gasteiger partial charge in [-0.1, -0.05) is 34.6 Å². The van der Waals surface area contributed by atoms with Crippen LogP contribution in [0.25, 0.3) is 0 Å². The molecule has 0 fully saturated rings. The third-order valence-electron chi connectivity index (χ3n) is 2.12. The third kappa shape index (κ3) is 4.59. The van der Waals surface area contributed by atoms with Gasteiger partial charge in [0, 0.05) is 11.0 Å². The second-order valence-electron chi connectivity index (χ2n) is 3.52. The van der Waals surface area contributed by atoms with E-state index in [9.17, 15) is 8.42 Å². The molecule has 0 atom stereocenters. The summed E-state index contributed by atoms with van der Waals surface area (Å²) in [6.07, 6.45) is 0.742. The molecular formula is C11H15BrN2O2S. The van der Waals surface area contributed by atoms with Crippen LogP contribution in [0.1, 0.15) is 5.56 Å². The molecule has 0 spiro atoms. The van der Waals surface area contributed by atoms with Gasteiger partial charge in [0.05, 0.1) is 4.90 Å². The van der Waals surface area contributed by atoms with E-state index in [0.29, 0.717) is 11.0 Å². The summed E-state index contributed by atoms with van der Waals surface area (Å²) in [5.74, 6) is 0. The highest BCUT2D eigenvalue weighted by Gasteiger charge is 2.12. The van der Waals surface area contributed by atoms with Crippen LogP contribution in [-0.2, 0) is 16.4 Å². The van der Waals surface area contributed by atoms with Crippen molar-refractivity contribution < 1.29 is 8.42 Å². The van der Waals surface area contributed by atoms with Crippen LogP contribution in [0.5, 0.6) is 0 Å². The highest BCUT2D eigenvalue weighted by atomic mass is 79.9. The van der Waals surface area contributed by atoms with Crippen LogP contribution in [0.2, 0.25) is 0 Å². The van der Waals surface area contributed by atoms with Gasteiger partial charge in [-0.15, -0.1) is 0 Å². The molecule has 17 heavy (non-hydrogen) atoms. The molecule has 0 aliphatic carbocycles. The van der Waals surface area contributed by atoms with E-state index < -0.39 is 10.0 Å². The molecule has 4 nitrogen and oxygen atoms in total. The van der Waals surface area contributed by atoms with E-state index in [2.05, 4.69) is 27.2 Å². The molecule has 0 aliphatic heterocycles. The van der Waals surface area contributed by atoms with Gasteiger partial charge in [-0.25, -0.2) is 13.1 Å². The van der Waals surface area contributed by atoms with Crippen molar-refractivity contribution in [2.24, 2.45) is 5.73 Å². The summed E-state index contributed by atoms with van der Waals surface area (Å²) in [5.41, 5.74) is 6.44. The molecule has 3 N–H and O–H groups in total. The van der Waals surface area contributed by atoms with Gasteiger partial charge in [-0.2, -0.15) is 0 Å². The Labute approximate surface area is 110 Å². The predicted octanol–water partition coefficient (Wildman–Crippen LogP) is 1.37. The first-order chi connectivity index (χ1) is 7.95. The van der Waals surface area contributed by atoms with Crippen LogP contribution in [0.4, 0.5) is 0 Å². The van der Waals surface area contributed by atoms with E-state index in [1.165, 1.54) is 0 Å². The second kappa shape index (κ2) is 6.30. The highest BCUT2D eigenvalue weighted by Crippen LogP contribution is 2.11. The van der Waals surface area contributed by atoms with Crippen molar-refractivity contribution in [2.45, 2.75) is 11.3 Å². The molecule has 94 valence electrons. The lowest BCUT2D eigenvalue weighted by Crippen LogP contribution is -2.24. The number of nitrogens with one attached hydrogen (secondary N) is 1. The maximum absolute atomic E-state index is 11.8. The quantitative estimate of drug-likeness (QED) is 0.832. The lowest BCUT2D eigenvalue weighted by molar-refractivity contribution is 0.585. The van der Waals surface area contributed by atoms with E-state index >= 15 is 0 Å². The number of hydrogen-bond acceptors (Lipinski definition) is 3. The molecule has 0 saturated carbocycles. The van der Waals surface area contributed by atoms with Crippen LogP contribution in [0.3, 0.4) is 0 Å². The van der Waals surface area contributed by atoms with Crippen LogP contribution in [0, 0.1) is 0 Å². The van der Waals surface area contributed by atoms with E-state index in [1.54, 1.807) is 24.3 Å². The molecule has 0 heterocycles. The zero-order chi connectivity index (χ0) is 12.9. The van der Waals surface area contributed by atoms with Gasteiger partial charge in [-0.3, -0.25) is 0 Å². The zero-order valence-electron chi connectivity index (χ0n) is 9.32. The van der Waals surface area contributed by atoms with Gasteiger partial charge >= 0.3 is 0 Å². The van der Waals surface area contributed by atoms with Crippen LogP contribution in [-0.4, -0.2) is 21.5 Å². The number of hydrogen-bond donors (Lipinski definition) is 2. The van der Waals surface area contributed by atoms with E-state index in [4.69, 9.17) is 5.73 Å². The monoisotopic (exact) mass is 318 g/mol. The molecule has 1 rings (SSSR count). The van der Waals surface area contributed by atoms with Gasteiger partial charge < -0.3 is 5.73 Å². The topological polar surface area (TPSA) is 72.2 Å². The fraction of sp³-hybridized carbons (Fsp3) is 0.273. The van der Waals surface area contributed by atoms with Gasteiger partial charge in [0.2, 0.25) is 10.0 Å². The summed E-state index contributed by atoms with van der Waals surface area (Å²) < 4.78 is 26.6. The zero-order valence-corrected chi connectivity index (χ0v) is 11.7. The SMILES string of the molecule is C=C(Br)CNS(=O)(=O)c1ccc(CCN)cc1. The molecule has 0 saturated heterocycles. The first kappa shape index (κ1) is 14.4. The molecule has 0 aliphatic rings. The minimum atomic E-state index is -3.46. The lowest BCUT2D eigenvalue weighted by atomic mass is 10.2. The van der Waals surface area contributed by atoms with Gasteiger partial charge in [-0.05, 0) is 30.7 Å². The number of benzene rings is 1. The molecule has 1 aromatic carbocycles. The van der Waals surface area contributed by atoms with Gasteiger partial charge in [0.15, 0.2) is 0 Å². The van der Waals surface area contributed by atoms with Crippen molar-refractivity contribution in [1.82, 2.24) is 4.72 Å². The summed E-state index contributed by atoms with van der Waals surface area (Å²) in [4.78, 5) is 0.243. The normalized spacial score (nSPS) is 11.4. The molecule has 0 radical (unpaired) electrons. The summed E-state index contributed by atoms with van der Waals surface area (Å²) in [6, 6.07) is 6.68. The van der Waals surface area contributed by atoms with Crippen molar-refractivity contribution in [1.29, 1.82) is 0 Å². The summed E-state index contributed by atoms with van der Waals surface area (Å²) in [6.45, 7) is 4.29. The molecule has 0 unspecified atom stereocenters. The van der Waals surface area contributed by atoms with Crippen molar-refractivity contribution in [2.75, 3.05) is 13.1 Å². The number of halogens is 1. The molecular weight excluding hydrogens is 304 g/mol. The van der Waals surface area contributed by atoms with Crippen molar-refractivity contribution >= 4 is 26.0 Å². The smallest absolute Gasteiger partial charge is 0.240 e.